The molecule has 0 aromatic carbocycles. The van der Waals surface area contributed by atoms with Crippen molar-refractivity contribution >= 4 is 6.03 Å². The number of fused-ring (bicyclic) bond motifs is 1. The van der Waals surface area contributed by atoms with E-state index >= 15 is 0 Å². The van der Waals surface area contributed by atoms with Gasteiger partial charge in [0.1, 0.15) is 0 Å². The van der Waals surface area contributed by atoms with E-state index in [4.69, 9.17) is 0 Å². The van der Waals surface area contributed by atoms with Gasteiger partial charge in [-0.15, -0.1) is 0 Å². The van der Waals surface area contributed by atoms with Gasteiger partial charge in [0.2, 0.25) is 0 Å². The summed E-state index contributed by atoms with van der Waals surface area (Å²) in [6, 6.07) is -0.0544. The number of rotatable bonds is 2. The van der Waals surface area contributed by atoms with Crippen molar-refractivity contribution in [2.24, 2.45) is 5.92 Å². The van der Waals surface area contributed by atoms with E-state index in [1.165, 1.54) is 19.3 Å². The highest BCUT2D eigenvalue weighted by Crippen LogP contribution is 2.43. The average molecular weight is 225 g/mol. The molecule has 2 aliphatic rings. The van der Waals surface area contributed by atoms with Gasteiger partial charge in [0.25, 0.3) is 0 Å². The smallest absolute Gasteiger partial charge is 0.315 e. The van der Waals surface area contributed by atoms with Crippen LogP contribution in [-0.2, 0) is 0 Å². The summed E-state index contributed by atoms with van der Waals surface area (Å²) in [5.74, 6) is 0.780. The highest BCUT2D eigenvalue weighted by atomic mass is 16.2. The van der Waals surface area contributed by atoms with Crippen molar-refractivity contribution in [3.63, 3.8) is 0 Å². The lowest BCUT2D eigenvalue weighted by Gasteiger charge is -2.45. The van der Waals surface area contributed by atoms with Gasteiger partial charge in [0, 0.05) is 17.6 Å². The van der Waals surface area contributed by atoms with Gasteiger partial charge in [-0.3, -0.25) is 0 Å². The van der Waals surface area contributed by atoms with Gasteiger partial charge >= 0.3 is 6.03 Å². The lowest BCUT2D eigenvalue weighted by molar-refractivity contribution is 0.134. The molecular weight excluding hydrogens is 202 g/mol. The van der Waals surface area contributed by atoms with Crippen LogP contribution in [-0.4, -0.2) is 30.2 Å². The molecule has 2 fully saturated rings. The summed E-state index contributed by atoms with van der Waals surface area (Å²) in [4.78, 5) is 11.6. The molecular formula is C12H23N3O. The molecule has 1 heterocycles. The molecule has 1 aliphatic heterocycles. The summed E-state index contributed by atoms with van der Waals surface area (Å²) in [7, 11) is 0. The molecule has 0 radical (unpaired) electrons. The molecule has 1 aliphatic carbocycles. The van der Waals surface area contributed by atoms with E-state index in [1.54, 1.807) is 0 Å². The van der Waals surface area contributed by atoms with Gasteiger partial charge in [-0.05, 0) is 52.5 Å². The zero-order valence-electron chi connectivity index (χ0n) is 10.5. The molecule has 0 spiro atoms. The highest BCUT2D eigenvalue weighted by molar-refractivity contribution is 5.74. The van der Waals surface area contributed by atoms with Crippen molar-refractivity contribution in [1.82, 2.24) is 16.0 Å². The molecule has 0 aromatic heterocycles. The highest BCUT2D eigenvalue weighted by Gasteiger charge is 2.49. The Morgan fingerprint density at radius 2 is 2.19 bits per heavy atom. The van der Waals surface area contributed by atoms with Crippen molar-refractivity contribution in [2.75, 3.05) is 13.1 Å². The zero-order valence-corrected chi connectivity index (χ0v) is 10.5. The van der Waals surface area contributed by atoms with Crippen molar-refractivity contribution in [3.05, 3.63) is 0 Å². The van der Waals surface area contributed by atoms with Crippen LogP contribution in [0, 0.1) is 5.92 Å². The third kappa shape index (κ3) is 2.32. The van der Waals surface area contributed by atoms with Crippen LogP contribution in [0.15, 0.2) is 0 Å². The Bertz CT molecular complexity index is 284. The first-order valence-electron chi connectivity index (χ1n) is 6.22. The van der Waals surface area contributed by atoms with Crippen LogP contribution in [0.5, 0.6) is 0 Å². The molecule has 0 bridgehead atoms. The molecule has 1 saturated carbocycles. The third-order valence-electron chi connectivity index (χ3n) is 3.74. The molecule has 3 N–H and O–H groups in total. The normalized spacial score (nSPS) is 32.8. The number of carbonyl (C=O) groups excluding carboxylic acids is 1. The van der Waals surface area contributed by atoms with Gasteiger partial charge in [-0.25, -0.2) is 4.79 Å². The van der Waals surface area contributed by atoms with Crippen LogP contribution < -0.4 is 16.0 Å². The van der Waals surface area contributed by atoms with Gasteiger partial charge in [-0.2, -0.15) is 0 Å². The number of nitrogens with one attached hydrogen (secondary N) is 3. The van der Waals surface area contributed by atoms with Gasteiger partial charge in [0.05, 0.1) is 0 Å². The second-order valence-corrected chi connectivity index (χ2v) is 6.16. The minimum atomic E-state index is -0.163. The van der Waals surface area contributed by atoms with Crippen LogP contribution in [0.2, 0.25) is 0 Å². The van der Waals surface area contributed by atoms with Gasteiger partial charge < -0.3 is 16.0 Å². The predicted molar refractivity (Wildman–Crippen MR) is 64.4 cm³/mol. The molecule has 2 atom stereocenters. The third-order valence-corrected chi connectivity index (χ3v) is 3.74. The summed E-state index contributed by atoms with van der Waals surface area (Å²) >= 11 is 0. The molecule has 1 saturated heterocycles. The summed E-state index contributed by atoms with van der Waals surface area (Å²) in [6.45, 7) is 7.84. The maximum Gasteiger partial charge on any atom is 0.315 e. The maximum absolute atomic E-state index is 11.6. The molecule has 4 heteroatoms. The van der Waals surface area contributed by atoms with E-state index in [9.17, 15) is 4.79 Å². The first-order valence-corrected chi connectivity index (χ1v) is 6.22. The number of hydrogen-bond donors (Lipinski definition) is 3. The molecule has 92 valence electrons. The second-order valence-electron chi connectivity index (χ2n) is 6.16. The Morgan fingerprint density at radius 1 is 1.44 bits per heavy atom. The molecule has 2 unspecified atom stereocenters. The Labute approximate surface area is 97.6 Å². The van der Waals surface area contributed by atoms with Crippen LogP contribution in [0.4, 0.5) is 4.79 Å². The topological polar surface area (TPSA) is 53.2 Å². The Morgan fingerprint density at radius 3 is 2.69 bits per heavy atom. The van der Waals surface area contributed by atoms with Crippen molar-refractivity contribution in [3.8, 4) is 0 Å². The standard InChI is InChI=1S/C12H23N3O/c1-11(2,3)15-10(16)13-8-12-6-4-9(12)5-7-14-12/h9,14H,4-8H2,1-3H3,(H2,13,15,16). The summed E-state index contributed by atoms with van der Waals surface area (Å²) < 4.78 is 0. The predicted octanol–water partition coefficient (Wildman–Crippen LogP) is 1.23. The molecule has 16 heavy (non-hydrogen) atoms. The molecule has 2 rings (SSSR count). The van der Waals surface area contributed by atoms with E-state index in [2.05, 4.69) is 16.0 Å². The average Bonchev–Trinajstić information content (AvgIpc) is 2.37. The fourth-order valence-corrected chi connectivity index (χ4v) is 2.76. The van der Waals surface area contributed by atoms with E-state index < -0.39 is 0 Å². The fourth-order valence-electron chi connectivity index (χ4n) is 2.76. The Hall–Kier alpha value is -0.770. The Balaban J connectivity index is 1.77. The quantitative estimate of drug-likeness (QED) is 0.662. The Kier molecular flexibility index (Phi) is 2.86. The van der Waals surface area contributed by atoms with Crippen molar-refractivity contribution < 1.29 is 4.79 Å². The molecule has 4 nitrogen and oxygen atoms in total. The van der Waals surface area contributed by atoms with Gasteiger partial charge in [0.15, 0.2) is 0 Å². The largest absolute Gasteiger partial charge is 0.336 e. The first-order chi connectivity index (χ1) is 7.41. The number of hydrogen-bond acceptors (Lipinski definition) is 2. The maximum atomic E-state index is 11.6. The summed E-state index contributed by atoms with van der Waals surface area (Å²) in [6.07, 6.45) is 3.78. The lowest BCUT2D eigenvalue weighted by atomic mass is 9.68. The van der Waals surface area contributed by atoms with E-state index in [0.717, 1.165) is 19.0 Å². The second kappa shape index (κ2) is 3.91. The van der Waals surface area contributed by atoms with Crippen molar-refractivity contribution in [1.29, 1.82) is 0 Å². The number of amides is 2. The number of carbonyl (C=O) groups is 1. The summed E-state index contributed by atoms with van der Waals surface area (Å²) in [5.41, 5.74) is 0.0547. The van der Waals surface area contributed by atoms with Crippen molar-refractivity contribution in [2.45, 2.75) is 51.1 Å². The monoisotopic (exact) mass is 225 g/mol. The van der Waals surface area contributed by atoms with E-state index in [1.807, 2.05) is 20.8 Å². The van der Waals surface area contributed by atoms with Crippen LogP contribution in [0.3, 0.4) is 0 Å². The first kappa shape index (κ1) is 11.7. The SMILES string of the molecule is CC(C)(C)NC(=O)NCC12CCC1CCN2. The molecule has 0 aromatic rings. The van der Waals surface area contributed by atoms with Crippen LogP contribution in [0.25, 0.3) is 0 Å². The van der Waals surface area contributed by atoms with Crippen LogP contribution in [0.1, 0.15) is 40.0 Å². The summed E-state index contributed by atoms with van der Waals surface area (Å²) in [5, 5.41) is 9.46. The fraction of sp³-hybridized carbons (Fsp3) is 0.917. The van der Waals surface area contributed by atoms with E-state index in [-0.39, 0.29) is 17.1 Å². The van der Waals surface area contributed by atoms with E-state index in [0.29, 0.717) is 0 Å². The van der Waals surface area contributed by atoms with Gasteiger partial charge in [-0.1, -0.05) is 0 Å². The van der Waals surface area contributed by atoms with Crippen LogP contribution >= 0.6 is 0 Å². The molecule has 2 amide bonds. The zero-order chi connectivity index (χ0) is 11.8. The minimum Gasteiger partial charge on any atom is -0.336 e. The number of urea groups is 1. The minimum absolute atomic E-state index is 0.0544. The lowest BCUT2D eigenvalue weighted by Crippen LogP contribution is -2.60.